The van der Waals surface area contributed by atoms with Crippen LogP contribution in [0.3, 0.4) is 0 Å². The molecule has 2 aliphatic carbocycles. The van der Waals surface area contributed by atoms with E-state index in [4.69, 9.17) is 23.7 Å². The molecule has 0 radical (unpaired) electrons. The molecule has 9 nitrogen and oxygen atoms in total. The predicted molar refractivity (Wildman–Crippen MR) is 98.8 cm³/mol. The summed E-state index contributed by atoms with van der Waals surface area (Å²) < 4.78 is 28.5. The first-order chi connectivity index (χ1) is 14.0. The van der Waals surface area contributed by atoms with Gasteiger partial charge in [0.15, 0.2) is 5.76 Å². The van der Waals surface area contributed by atoms with Crippen molar-refractivity contribution in [3.05, 3.63) is 11.3 Å². The number of allylic oxidation sites excluding steroid dienone is 1. The minimum atomic E-state index is -1.34. The van der Waals surface area contributed by atoms with Crippen molar-refractivity contribution in [1.29, 1.82) is 0 Å². The fraction of sp³-hybridized carbons (Fsp3) is 0.714. The lowest BCUT2D eigenvalue weighted by atomic mass is 9.51. The van der Waals surface area contributed by atoms with Crippen LogP contribution in [0.5, 0.6) is 0 Å². The molecule has 9 heteroatoms. The lowest BCUT2D eigenvalue weighted by Gasteiger charge is -2.56. The van der Waals surface area contributed by atoms with Gasteiger partial charge in [-0.3, -0.25) is 19.2 Å². The summed E-state index contributed by atoms with van der Waals surface area (Å²) in [6.07, 6.45) is -1.16. The zero-order valence-corrected chi connectivity index (χ0v) is 17.7. The lowest BCUT2D eigenvalue weighted by molar-refractivity contribution is -0.230. The maximum absolute atomic E-state index is 13.9. The Bertz CT molecular complexity index is 870. The van der Waals surface area contributed by atoms with Crippen LogP contribution in [-0.2, 0) is 42.9 Å². The number of esters is 3. The molecule has 30 heavy (non-hydrogen) atoms. The summed E-state index contributed by atoms with van der Waals surface area (Å²) in [5.74, 6) is -2.09. The van der Waals surface area contributed by atoms with E-state index >= 15 is 0 Å². The van der Waals surface area contributed by atoms with Crippen LogP contribution in [0.1, 0.15) is 47.5 Å². The van der Waals surface area contributed by atoms with Gasteiger partial charge in [0.25, 0.3) is 0 Å². The lowest BCUT2D eigenvalue weighted by Crippen LogP contribution is -2.68. The van der Waals surface area contributed by atoms with E-state index in [1.165, 1.54) is 20.8 Å². The Kier molecular flexibility index (Phi) is 4.63. The maximum atomic E-state index is 13.9. The van der Waals surface area contributed by atoms with Crippen molar-refractivity contribution in [2.75, 3.05) is 13.2 Å². The molecule has 3 fully saturated rings. The summed E-state index contributed by atoms with van der Waals surface area (Å²) in [6, 6.07) is 0. The van der Waals surface area contributed by atoms with Gasteiger partial charge in [0.1, 0.15) is 29.8 Å². The number of Topliss-reactive ketones (excluding diaryl/α,β-unsaturated/α-hetero) is 1. The van der Waals surface area contributed by atoms with Crippen molar-refractivity contribution in [3.63, 3.8) is 0 Å². The first-order valence-electron chi connectivity index (χ1n) is 10.0. The van der Waals surface area contributed by atoms with Crippen molar-refractivity contribution in [1.82, 2.24) is 0 Å². The number of carbonyl (C=O) groups excluding carboxylic acids is 4. The van der Waals surface area contributed by atoms with Gasteiger partial charge in [0.2, 0.25) is 5.78 Å². The third-order valence-electron chi connectivity index (χ3n) is 7.20. The number of ketones is 1. The molecule has 0 aromatic heterocycles. The van der Waals surface area contributed by atoms with Crippen molar-refractivity contribution in [2.45, 2.75) is 71.4 Å². The first-order valence-corrected chi connectivity index (χ1v) is 10.0. The molecule has 164 valence electrons. The van der Waals surface area contributed by atoms with E-state index in [0.29, 0.717) is 25.0 Å². The van der Waals surface area contributed by atoms with Crippen molar-refractivity contribution >= 4 is 23.7 Å². The van der Waals surface area contributed by atoms with Crippen molar-refractivity contribution in [3.8, 4) is 0 Å². The Morgan fingerprint density at radius 1 is 1.13 bits per heavy atom. The van der Waals surface area contributed by atoms with Gasteiger partial charge in [-0.15, -0.1) is 0 Å². The minimum absolute atomic E-state index is 0.0408. The second-order valence-corrected chi connectivity index (χ2v) is 8.90. The van der Waals surface area contributed by atoms with Gasteiger partial charge in [0.05, 0.1) is 12.7 Å². The highest BCUT2D eigenvalue weighted by molar-refractivity contribution is 6.03. The van der Waals surface area contributed by atoms with Gasteiger partial charge < -0.3 is 23.7 Å². The van der Waals surface area contributed by atoms with Crippen molar-refractivity contribution in [2.24, 2.45) is 10.8 Å². The highest BCUT2D eigenvalue weighted by Crippen LogP contribution is 2.71. The molecule has 1 unspecified atom stereocenters. The Morgan fingerprint density at radius 3 is 2.33 bits per heavy atom. The molecule has 0 aromatic rings. The summed E-state index contributed by atoms with van der Waals surface area (Å²) in [5.41, 5.74) is -2.47. The standard InChI is InChI=1S/C21H26O9/c1-10-6-15-20(8-26-11(2)22,17(25)16(10)29-13(4)24)19(5)7-14(28-12(3)23)18(30-15)21(19)9-27-21/h14-15,18H,6-9H2,1-5H3/t14-,15+,18+,19+,20+,21?/m1/s1. The fourth-order valence-corrected chi connectivity index (χ4v) is 5.78. The van der Waals surface area contributed by atoms with Crippen LogP contribution >= 0.6 is 0 Å². The van der Waals surface area contributed by atoms with Crippen LogP contribution in [-0.4, -0.2) is 60.8 Å². The Hall–Kier alpha value is -2.26. The molecule has 4 rings (SSSR count). The molecule has 1 saturated carbocycles. The molecule has 6 atom stereocenters. The number of fused-ring (bicyclic) bond motifs is 2. The molecule has 1 spiro atoms. The van der Waals surface area contributed by atoms with Crippen LogP contribution in [0.15, 0.2) is 11.3 Å². The predicted octanol–water partition coefficient (Wildman–Crippen LogP) is 1.22. The third-order valence-corrected chi connectivity index (χ3v) is 7.20. The van der Waals surface area contributed by atoms with E-state index in [2.05, 4.69) is 0 Å². The van der Waals surface area contributed by atoms with Gasteiger partial charge in [0, 0.05) is 26.2 Å². The zero-order valence-electron chi connectivity index (χ0n) is 17.7. The van der Waals surface area contributed by atoms with E-state index in [1.807, 2.05) is 6.92 Å². The quantitative estimate of drug-likeness (QED) is 0.374. The average Bonchev–Trinajstić information content (AvgIpc) is 3.39. The number of hydrogen-bond donors (Lipinski definition) is 0. The molecule has 4 aliphatic rings. The van der Waals surface area contributed by atoms with Crippen LogP contribution in [0.2, 0.25) is 0 Å². The topological polar surface area (TPSA) is 118 Å². The first kappa shape index (κ1) is 21.0. The van der Waals surface area contributed by atoms with E-state index in [1.54, 1.807) is 6.92 Å². The Morgan fingerprint density at radius 2 is 1.80 bits per heavy atom. The van der Waals surface area contributed by atoms with Crippen LogP contribution in [0.25, 0.3) is 0 Å². The summed E-state index contributed by atoms with van der Waals surface area (Å²) in [4.78, 5) is 49.0. The number of hydrogen-bond acceptors (Lipinski definition) is 9. The number of carbonyl (C=O) groups is 4. The van der Waals surface area contributed by atoms with Gasteiger partial charge in [-0.05, 0) is 25.3 Å². The Labute approximate surface area is 174 Å². The molecular weight excluding hydrogens is 396 g/mol. The summed E-state index contributed by atoms with van der Waals surface area (Å²) in [7, 11) is 0. The average molecular weight is 422 g/mol. The normalized spacial score (nSPS) is 41.4. The molecule has 0 N–H and O–H groups in total. The minimum Gasteiger partial charge on any atom is -0.465 e. The SMILES string of the molecule is CC(=O)OC[C@@]12C(=O)C(OC(C)=O)=C(C)C[C@@H]1O[C@H]1[C@H](OC(C)=O)C[C@]2(C)C12CO2. The van der Waals surface area contributed by atoms with Crippen LogP contribution < -0.4 is 0 Å². The highest BCUT2D eigenvalue weighted by Gasteiger charge is 2.84. The van der Waals surface area contributed by atoms with Crippen molar-refractivity contribution < 1.29 is 42.9 Å². The summed E-state index contributed by atoms with van der Waals surface area (Å²) >= 11 is 0. The number of epoxide rings is 1. The second kappa shape index (κ2) is 6.62. The third kappa shape index (κ3) is 2.61. The van der Waals surface area contributed by atoms with Gasteiger partial charge in [-0.1, -0.05) is 6.92 Å². The summed E-state index contributed by atoms with van der Waals surface area (Å²) in [5, 5.41) is 0. The summed E-state index contributed by atoms with van der Waals surface area (Å²) in [6.45, 7) is 7.50. The van der Waals surface area contributed by atoms with Gasteiger partial charge >= 0.3 is 17.9 Å². The number of rotatable bonds is 4. The smallest absolute Gasteiger partial charge is 0.308 e. The molecular formula is C21H26O9. The molecule has 2 aliphatic heterocycles. The van der Waals surface area contributed by atoms with Crippen LogP contribution in [0, 0.1) is 10.8 Å². The zero-order chi connectivity index (χ0) is 22.1. The van der Waals surface area contributed by atoms with E-state index in [-0.39, 0.29) is 12.4 Å². The number of ether oxygens (including phenoxy) is 5. The fourth-order valence-electron chi connectivity index (χ4n) is 5.78. The Balaban J connectivity index is 1.85. The molecule has 2 saturated heterocycles. The maximum Gasteiger partial charge on any atom is 0.308 e. The highest BCUT2D eigenvalue weighted by atomic mass is 16.7. The van der Waals surface area contributed by atoms with Gasteiger partial charge in [-0.25, -0.2) is 0 Å². The van der Waals surface area contributed by atoms with Crippen LogP contribution in [0.4, 0.5) is 0 Å². The monoisotopic (exact) mass is 422 g/mol. The van der Waals surface area contributed by atoms with E-state index in [0.717, 1.165) is 0 Å². The van der Waals surface area contributed by atoms with E-state index in [9.17, 15) is 19.2 Å². The molecule has 2 bridgehead atoms. The molecule has 2 heterocycles. The molecule has 0 amide bonds. The second-order valence-electron chi connectivity index (χ2n) is 8.90. The van der Waals surface area contributed by atoms with Gasteiger partial charge in [-0.2, -0.15) is 0 Å². The van der Waals surface area contributed by atoms with E-state index < -0.39 is 58.4 Å². The molecule has 0 aromatic carbocycles. The largest absolute Gasteiger partial charge is 0.465 e.